The second-order valence-corrected chi connectivity index (χ2v) is 16.3. The van der Waals surface area contributed by atoms with E-state index in [2.05, 4.69) is 132 Å². The van der Waals surface area contributed by atoms with E-state index in [1.807, 2.05) is 78.9 Å². The Hall–Kier alpha value is -8.13. The van der Waals surface area contributed by atoms with Gasteiger partial charge in [0.25, 0.3) is 0 Å². The van der Waals surface area contributed by atoms with E-state index in [1.54, 1.807) is 11.3 Å². The van der Waals surface area contributed by atoms with E-state index in [0.29, 0.717) is 23.3 Å². The van der Waals surface area contributed by atoms with Gasteiger partial charge in [-0.15, -0.1) is 11.3 Å². The molecule has 0 atom stereocenters. The first-order valence-electron chi connectivity index (χ1n) is 20.6. The van der Waals surface area contributed by atoms with Gasteiger partial charge in [-0.2, -0.15) is 0 Å². The summed E-state index contributed by atoms with van der Waals surface area (Å²) in [5.41, 5.74) is 11.8. The van der Waals surface area contributed by atoms with Crippen LogP contribution in [0.4, 0.5) is 0 Å². The molecule has 0 radical (unpaired) electrons. The lowest BCUT2D eigenvalue weighted by Crippen LogP contribution is -2.03. The van der Waals surface area contributed by atoms with Crippen molar-refractivity contribution in [3.8, 4) is 73.6 Å². The highest BCUT2D eigenvalue weighted by Gasteiger charge is 2.23. The monoisotopic (exact) mass is 810 g/mol. The molecule has 0 N–H and O–H groups in total. The quantitative estimate of drug-likeness (QED) is 0.160. The van der Waals surface area contributed by atoms with Crippen molar-refractivity contribution in [1.29, 1.82) is 0 Å². The Bertz CT molecular complexity index is 3560. The number of fused-ring (bicyclic) bond motifs is 6. The molecule has 0 aliphatic rings. The van der Waals surface area contributed by atoms with Gasteiger partial charge in [0.05, 0.1) is 32.6 Å². The number of para-hydroxylation sites is 1. The molecule has 0 saturated heterocycles. The molecule has 7 heteroatoms. The number of nitrogens with zero attached hydrogens (tertiary/aromatic N) is 6. The first kappa shape index (κ1) is 35.8. The van der Waals surface area contributed by atoms with Crippen molar-refractivity contribution in [3.63, 3.8) is 0 Å². The highest BCUT2D eigenvalue weighted by molar-refractivity contribution is 7.26. The minimum absolute atomic E-state index is 0.573. The SMILES string of the molecule is c1ccc(-c2ccc3c4ccccc4n(-c4ccc(-c5nc(-c6ccccc6)nc(-c6ccccc6)n5)cc4-c4nc(-c5ccccc5)nc5c4sc4ccccc45)c3c2)cc1. The lowest BCUT2D eigenvalue weighted by molar-refractivity contribution is 1.07. The van der Waals surface area contributed by atoms with Gasteiger partial charge in [0.15, 0.2) is 23.3 Å². The summed E-state index contributed by atoms with van der Waals surface area (Å²) in [5, 5.41) is 3.45. The van der Waals surface area contributed by atoms with Crippen LogP contribution < -0.4 is 0 Å². The van der Waals surface area contributed by atoms with Gasteiger partial charge in [-0.25, -0.2) is 24.9 Å². The third-order valence-corrected chi connectivity index (χ3v) is 12.6. The molecular formula is C55H34N6S. The van der Waals surface area contributed by atoms with Crippen molar-refractivity contribution in [1.82, 2.24) is 29.5 Å². The minimum atomic E-state index is 0.573. The van der Waals surface area contributed by atoms with Crippen LogP contribution in [-0.4, -0.2) is 29.5 Å². The fourth-order valence-electron chi connectivity index (χ4n) is 8.53. The first-order chi connectivity index (χ1) is 30.7. The second-order valence-electron chi connectivity index (χ2n) is 15.3. The second kappa shape index (κ2) is 14.9. The maximum absolute atomic E-state index is 5.53. The van der Waals surface area contributed by atoms with Crippen LogP contribution in [0.25, 0.3) is 116 Å². The molecule has 0 bridgehead atoms. The van der Waals surface area contributed by atoms with Crippen molar-refractivity contribution >= 4 is 53.4 Å². The molecule has 290 valence electrons. The number of rotatable bonds is 7. The molecule has 62 heavy (non-hydrogen) atoms. The maximum atomic E-state index is 5.53. The number of benzene rings is 8. The van der Waals surface area contributed by atoms with Crippen molar-refractivity contribution in [2.75, 3.05) is 0 Å². The Kier molecular flexibility index (Phi) is 8.57. The van der Waals surface area contributed by atoms with E-state index in [0.717, 1.165) is 81.7 Å². The van der Waals surface area contributed by atoms with Crippen LogP contribution in [0, 0.1) is 0 Å². The summed E-state index contributed by atoms with van der Waals surface area (Å²) in [7, 11) is 0. The zero-order valence-corrected chi connectivity index (χ0v) is 34.0. The first-order valence-corrected chi connectivity index (χ1v) is 21.4. The van der Waals surface area contributed by atoms with Gasteiger partial charge in [0.2, 0.25) is 0 Å². The van der Waals surface area contributed by atoms with Gasteiger partial charge in [-0.05, 0) is 47.5 Å². The number of hydrogen-bond acceptors (Lipinski definition) is 6. The molecule has 4 aromatic heterocycles. The normalized spacial score (nSPS) is 11.5. The maximum Gasteiger partial charge on any atom is 0.164 e. The van der Waals surface area contributed by atoms with Gasteiger partial charge in [-0.1, -0.05) is 170 Å². The predicted molar refractivity (Wildman–Crippen MR) is 255 cm³/mol. The van der Waals surface area contributed by atoms with E-state index < -0.39 is 0 Å². The summed E-state index contributed by atoms with van der Waals surface area (Å²) >= 11 is 1.73. The van der Waals surface area contributed by atoms with E-state index in [1.165, 1.54) is 10.8 Å². The highest BCUT2D eigenvalue weighted by atomic mass is 32.1. The zero-order valence-electron chi connectivity index (χ0n) is 33.2. The molecule has 12 aromatic rings. The molecule has 0 aliphatic carbocycles. The van der Waals surface area contributed by atoms with Gasteiger partial charge >= 0.3 is 0 Å². The Balaban J connectivity index is 1.19. The molecule has 0 aliphatic heterocycles. The topological polar surface area (TPSA) is 69.4 Å². The summed E-state index contributed by atoms with van der Waals surface area (Å²) in [6.45, 7) is 0. The lowest BCUT2D eigenvalue weighted by Gasteiger charge is -2.17. The summed E-state index contributed by atoms with van der Waals surface area (Å²) in [5.74, 6) is 2.45. The molecule has 6 nitrogen and oxygen atoms in total. The number of hydrogen-bond donors (Lipinski definition) is 0. The van der Waals surface area contributed by atoms with Crippen LogP contribution >= 0.6 is 11.3 Å². The summed E-state index contributed by atoms with van der Waals surface area (Å²) in [6.07, 6.45) is 0. The molecular weight excluding hydrogens is 777 g/mol. The van der Waals surface area contributed by atoms with Crippen LogP contribution in [0.3, 0.4) is 0 Å². The fourth-order valence-corrected chi connectivity index (χ4v) is 9.67. The molecule has 0 amide bonds. The highest BCUT2D eigenvalue weighted by Crippen LogP contribution is 2.44. The van der Waals surface area contributed by atoms with Crippen LogP contribution in [0.15, 0.2) is 206 Å². The van der Waals surface area contributed by atoms with Crippen LogP contribution in [-0.2, 0) is 0 Å². The Morgan fingerprint density at radius 2 is 0.839 bits per heavy atom. The zero-order chi connectivity index (χ0) is 41.0. The van der Waals surface area contributed by atoms with Crippen LogP contribution in [0.2, 0.25) is 0 Å². The number of thiophene rings is 1. The van der Waals surface area contributed by atoms with E-state index >= 15 is 0 Å². The molecule has 4 heterocycles. The van der Waals surface area contributed by atoms with E-state index in [-0.39, 0.29) is 0 Å². The third kappa shape index (κ3) is 6.14. The largest absolute Gasteiger partial charge is 0.309 e. The number of aromatic nitrogens is 6. The van der Waals surface area contributed by atoms with Crippen molar-refractivity contribution in [2.24, 2.45) is 0 Å². The molecule has 8 aromatic carbocycles. The van der Waals surface area contributed by atoms with E-state index in [9.17, 15) is 0 Å². The summed E-state index contributed by atoms with van der Waals surface area (Å²) in [4.78, 5) is 26.2. The Morgan fingerprint density at radius 3 is 1.48 bits per heavy atom. The van der Waals surface area contributed by atoms with Crippen molar-refractivity contribution in [3.05, 3.63) is 206 Å². The average Bonchev–Trinajstić information content (AvgIpc) is 3.90. The minimum Gasteiger partial charge on any atom is -0.309 e. The van der Waals surface area contributed by atoms with Gasteiger partial charge < -0.3 is 4.57 Å². The molecule has 0 saturated carbocycles. The van der Waals surface area contributed by atoms with E-state index in [4.69, 9.17) is 24.9 Å². The smallest absolute Gasteiger partial charge is 0.164 e. The van der Waals surface area contributed by atoms with Gasteiger partial charge in [0.1, 0.15) is 0 Å². The Morgan fingerprint density at radius 1 is 0.339 bits per heavy atom. The Labute approximate surface area is 361 Å². The van der Waals surface area contributed by atoms with Gasteiger partial charge in [-0.3, -0.25) is 0 Å². The predicted octanol–water partition coefficient (Wildman–Crippen LogP) is 14.1. The van der Waals surface area contributed by atoms with Gasteiger partial charge in [0, 0.05) is 48.7 Å². The molecule has 0 unspecified atom stereocenters. The van der Waals surface area contributed by atoms with Crippen molar-refractivity contribution < 1.29 is 0 Å². The summed E-state index contributed by atoms with van der Waals surface area (Å²) in [6, 6.07) is 71.6. The molecule has 12 rings (SSSR count). The standard InChI is InChI=1S/C55H34N6S/c1-5-17-35(18-6-1)39-29-31-42-41-25-13-15-27-45(41)61(47(42)34-39)46-32-30-40(55-59-53(37-21-9-3-10-22-37)58-54(60-55)38-23-11-4-12-24-38)33-44(46)50-51-49(43-26-14-16-28-48(43)62-51)56-52(57-50)36-19-7-2-8-20-36/h1-34H. The van der Waals surface area contributed by atoms with Crippen molar-refractivity contribution in [2.45, 2.75) is 0 Å². The molecule has 0 fully saturated rings. The molecule has 0 spiro atoms. The third-order valence-electron chi connectivity index (χ3n) is 11.5. The van der Waals surface area contributed by atoms with Crippen LogP contribution in [0.5, 0.6) is 0 Å². The fraction of sp³-hybridized carbons (Fsp3) is 0. The average molecular weight is 811 g/mol. The van der Waals surface area contributed by atoms with Crippen LogP contribution in [0.1, 0.15) is 0 Å². The summed E-state index contributed by atoms with van der Waals surface area (Å²) < 4.78 is 4.57. The lowest BCUT2D eigenvalue weighted by atomic mass is 10.0.